The molecule has 3 N–H and O–H groups in total. The fourth-order valence-electron chi connectivity index (χ4n) is 1.93. The summed E-state index contributed by atoms with van der Waals surface area (Å²) in [5, 5.41) is 0. The van der Waals surface area contributed by atoms with Gasteiger partial charge in [0.1, 0.15) is 17.6 Å². The second kappa shape index (κ2) is 5.17. The van der Waals surface area contributed by atoms with Crippen LogP contribution in [0.2, 0.25) is 0 Å². The maximum absolute atomic E-state index is 5.74. The number of furan rings is 1. The third kappa shape index (κ3) is 2.57. The zero-order valence-electron chi connectivity index (χ0n) is 10.2. The van der Waals surface area contributed by atoms with Gasteiger partial charge in [-0.25, -0.2) is 5.43 Å². The minimum Gasteiger partial charge on any atom is -0.464 e. The average Bonchev–Trinajstić information content (AvgIpc) is 2.79. The number of rotatable bonds is 4. The molecule has 2 rings (SSSR count). The number of nitrogens with two attached hydrogens (primary N) is 1. The van der Waals surface area contributed by atoms with E-state index in [4.69, 9.17) is 10.3 Å². The summed E-state index contributed by atoms with van der Waals surface area (Å²) < 4.78 is 5.74. The topological polar surface area (TPSA) is 51.2 Å². The van der Waals surface area contributed by atoms with E-state index in [1.807, 2.05) is 24.3 Å². The van der Waals surface area contributed by atoms with Gasteiger partial charge < -0.3 is 4.42 Å². The van der Waals surface area contributed by atoms with Crippen molar-refractivity contribution in [3.8, 4) is 0 Å². The predicted molar refractivity (Wildman–Crippen MR) is 68.4 cm³/mol. The van der Waals surface area contributed by atoms with Gasteiger partial charge in [-0.1, -0.05) is 36.8 Å². The van der Waals surface area contributed by atoms with Crippen molar-refractivity contribution in [2.24, 2.45) is 5.84 Å². The Labute approximate surface area is 102 Å². The Hall–Kier alpha value is -1.58. The molecule has 0 aliphatic heterocycles. The van der Waals surface area contributed by atoms with Gasteiger partial charge in [0.15, 0.2) is 0 Å². The highest BCUT2D eigenvalue weighted by atomic mass is 16.3. The van der Waals surface area contributed by atoms with E-state index in [1.165, 1.54) is 5.56 Å². The van der Waals surface area contributed by atoms with Gasteiger partial charge in [0, 0.05) is 6.42 Å². The molecular formula is C14H18N2O. The van der Waals surface area contributed by atoms with Crippen molar-refractivity contribution in [1.29, 1.82) is 0 Å². The molecule has 1 atom stereocenters. The molecule has 3 heteroatoms. The van der Waals surface area contributed by atoms with Crippen LogP contribution in [0.25, 0.3) is 0 Å². The van der Waals surface area contributed by atoms with Crippen molar-refractivity contribution in [3.05, 3.63) is 59.0 Å². The van der Waals surface area contributed by atoms with E-state index < -0.39 is 0 Å². The zero-order chi connectivity index (χ0) is 12.3. The van der Waals surface area contributed by atoms with Gasteiger partial charge in [0.25, 0.3) is 0 Å². The molecule has 2 aromatic rings. The van der Waals surface area contributed by atoms with Crippen LogP contribution >= 0.6 is 0 Å². The SMILES string of the molecule is CCc1ccc(C(NN)c2cccc(C)c2)o1. The number of hydrogen-bond acceptors (Lipinski definition) is 3. The minimum atomic E-state index is -0.0878. The summed E-state index contributed by atoms with van der Waals surface area (Å²) in [4.78, 5) is 0. The highest BCUT2D eigenvalue weighted by Gasteiger charge is 2.16. The monoisotopic (exact) mass is 230 g/mol. The summed E-state index contributed by atoms with van der Waals surface area (Å²) in [7, 11) is 0. The van der Waals surface area contributed by atoms with Gasteiger partial charge in [-0.15, -0.1) is 0 Å². The highest BCUT2D eigenvalue weighted by molar-refractivity contribution is 5.30. The normalized spacial score (nSPS) is 12.6. The summed E-state index contributed by atoms with van der Waals surface area (Å²) in [6.45, 7) is 4.14. The minimum absolute atomic E-state index is 0.0878. The lowest BCUT2D eigenvalue weighted by atomic mass is 10.0. The maximum Gasteiger partial charge on any atom is 0.126 e. The fourth-order valence-corrected chi connectivity index (χ4v) is 1.93. The molecule has 0 radical (unpaired) electrons. The standard InChI is InChI=1S/C14H18N2O/c1-3-12-7-8-13(17-12)14(16-15)11-6-4-5-10(2)9-11/h4-9,14,16H,3,15H2,1-2H3. The molecule has 0 bridgehead atoms. The molecule has 0 aliphatic carbocycles. The third-order valence-electron chi connectivity index (χ3n) is 2.86. The highest BCUT2D eigenvalue weighted by Crippen LogP contribution is 2.24. The molecule has 1 aromatic heterocycles. The first kappa shape index (κ1) is 11.9. The number of aryl methyl sites for hydroxylation is 2. The van der Waals surface area contributed by atoms with Gasteiger partial charge in [-0.2, -0.15) is 0 Å². The van der Waals surface area contributed by atoms with Gasteiger partial charge in [-0.05, 0) is 24.6 Å². The molecule has 3 nitrogen and oxygen atoms in total. The van der Waals surface area contributed by atoms with E-state index in [0.29, 0.717) is 0 Å². The molecular weight excluding hydrogens is 212 g/mol. The lowest BCUT2D eigenvalue weighted by molar-refractivity contribution is 0.425. The van der Waals surface area contributed by atoms with Crippen molar-refractivity contribution >= 4 is 0 Å². The maximum atomic E-state index is 5.74. The second-order valence-electron chi connectivity index (χ2n) is 4.17. The Morgan fingerprint density at radius 1 is 1.29 bits per heavy atom. The summed E-state index contributed by atoms with van der Waals surface area (Å²) >= 11 is 0. The van der Waals surface area contributed by atoms with E-state index in [2.05, 4.69) is 31.4 Å². The quantitative estimate of drug-likeness (QED) is 0.627. The zero-order valence-corrected chi connectivity index (χ0v) is 10.2. The van der Waals surface area contributed by atoms with Crippen LogP contribution in [-0.2, 0) is 6.42 Å². The Kier molecular flexibility index (Phi) is 3.61. The van der Waals surface area contributed by atoms with E-state index >= 15 is 0 Å². The number of hydrazine groups is 1. The number of benzene rings is 1. The van der Waals surface area contributed by atoms with Crippen molar-refractivity contribution < 1.29 is 4.42 Å². The van der Waals surface area contributed by atoms with Crippen LogP contribution in [0.15, 0.2) is 40.8 Å². The first-order valence-corrected chi connectivity index (χ1v) is 5.86. The first-order chi connectivity index (χ1) is 8.24. The lowest BCUT2D eigenvalue weighted by Crippen LogP contribution is -2.28. The number of hydrogen-bond donors (Lipinski definition) is 2. The van der Waals surface area contributed by atoms with Gasteiger partial charge in [0.2, 0.25) is 0 Å². The Morgan fingerprint density at radius 3 is 2.71 bits per heavy atom. The molecule has 0 fully saturated rings. The summed E-state index contributed by atoms with van der Waals surface area (Å²) in [6, 6.07) is 12.1. The lowest BCUT2D eigenvalue weighted by Gasteiger charge is -2.14. The molecule has 17 heavy (non-hydrogen) atoms. The molecule has 1 aromatic carbocycles. The van der Waals surface area contributed by atoms with Gasteiger partial charge >= 0.3 is 0 Å². The summed E-state index contributed by atoms with van der Waals surface area (Å²) in [5.74, 6) is 7.46. The van der Waals surface area contributed by atoms with Crippen molar-refractivity contribution in [2.45, 2.75) is 26.3 Å². The van der Waals surface area contributed by atoms with Crippen LogP contribution < -0.4 is 11.3 Å². The summed E-state index contributed by atoms with van der Waals surface area (Å²) in [6.07, 6.45) is 0.894. The average molecular weight is 230 g/mol. The Bertz CT molecular complexity index is 490. The van der Waals surface area contributed by atoms with E-state index in [9.17, 15) is 0 Å². The molecule has 1 unspecified atom stereocenters. The van der Waals surface area contributed by atoms with Crippen LogP contribution in [0.3, 0.4) is 0 Å². The first-order valence-electron chi connectivity index (χ1n) is 5.86. The predicted octanol–water partition coefficient (Wildman–Crippen LogP) is 2.70. The van der Waals surface area contributed by atoms with Crippen molar-refractivity contribution in [1.82, 2.24) is 5.43 Å². The molecule has 0 spiro atoms. The van der Waals surface area contributed by atoms with E-state index in [-0.39, 0.29) is 6.04 Å². The van der Waals surface area contributed by atoms with E-state index in [0.717, 1.165) is 23.5 Å². The molecule has 90 valence electrons. The summed E-state index contributed by atoms with van der Waals surface area (Å²) in [5.41, 5.74) is 5.13. The largest absolute Gasteiger partial charge is 0.464 e. The molecule has 0 saturated heterocycles. The molecule has 0 amide bonds. The molecule has 0 aliphatic rings. The molecule has 0 saturated carbocycles. The van der Waals surface area contributed by atoms with Gasteiger partial charge in [-0.3, -0.25) is 5.84 Å². The Balaban J connectivity index is 2.33. The smallest absolute Gasteiger partial charge is 0.126 e. The van der Waals surface area contributed by atoms with Crippen molar-refractivity contribution in [2.75, 3.05) is 0 Å². The van der Waals surface area contributed by atoms with Crippen LogP contribution in [0.5, 0.6) is 0 Å². The van der Waals surface area contributed by atoms with Crippen LogP contribution in [-0.4, -0.2) is 0 Å². The van der Waals surface area contributed by atoms with Crippen LogP contribution in [0, 0.1) is 6.92 Å². The van der Waals surface area contributed by atoms with Gasteiger partial charge in [0.05, 0.1) is 0 Å². The Morgan fingerprint density at radius 2 is 2.12 bits per heavy atom. The fraction of sp³-hybridized carbons (Fsp3) is 0.286. The van der Waals surface area contributed by atoms with Crippen LogP contribution in [0.4, 0.5) is 0 Å². The number of nitrogens with one attached hydrogen (secondary N) is 1. The van der Waals surface area contributed by atoms with Crippen molar-refractivity contribution in [3.63, 3.8) is 0 Å². The third-order valence-corrected chi connectivity index (χ3v) is 2.86. The van der Waals surface area contributed by atoms with Crippen LogP contribution in [0.1, 0.15) is 35.6 Å². The second-order valence-corrected chi connectivity index (χ2v) is 4.17. The van der Waals surface area contributed by atoms with E-state index in [1.54, 1.807) is 0 Å². The molecule has 1 heterocycles.